The predicted molar refractivity (Wildman–Crippen MR) is 106 cm³/mol. The van der Waals surface area contributed by atoms with E-state index in [1.54, 1.807) is 0 Å². The van der Waals surface area contributed by atoms with E-state index < -0.39 is 0 Å². The molecular formula is C21H29N5O2. The Bertz CT molecular complexity index is 785. The van der Waals surface area contributed by atoms with E-state index in [1.807, 2.05) is 34.7 Å². The van der Waals surface area contributed by atoms with E-state index in [9.17, 15) is 4.79 Å². The highest BCUT2D eigenvalue weighted by molar-refractivity contribution is 5.93. The first-order chi connectivity index (χ1) is 13.7. The zero-order valence-electron chi connectivity index (χ0n) is 16.5. The molecule has 3 heterocycles. The molecule has 1 atom stereocenters. The lowest BCUT2D eigenvalue weighted by Crippen LogP contribution is -2.31. The second-order valence-corrected chi connectivity index (χ2v) is 7.86. The van der Waals surface area contributed by atoms with Gasteiger partial charge in [-0.15, -0.1) is 5.10 Å². The first-order valence-corrected chi connectivity index (χ1v) is 10.3. The first kappa shape index (κ1) is 19.1. The Morgan fingerprint density at radius 1 is 1.21 bits per heavy atom. The summed E-state index contributed by atoms with van der Waals surface area (Å²) in [5.74, 6) is 0.385. The van der Waals surface area contributed by atoms with Gasteiger partial charge in [-0.2, -0.15) is 0 Å². The second-order valence-electron chi connectivity index (χ2n) is 7.86. The van der Waals surface area contributed by atoms with Crippen molar-refractivity contribution in [1.82, 2.24) is 25.2 Å². The van der Waals surface area contributed by atoms with Gasteiger partial charge >= 0.3 is 0 Å². The largest absolute Gasteiger partial charge is 0.376 e. The number of piperidine rings is 1. The minimum absolute atomic E-state index is 0.00300. The number of rotatable bonds is 6. The SMILES string of the molecule is Cc1c(C(=O)N2CC[C@@H](COCc3ccccc3)C2)nnn1C1CCNCC1. The fourth-order valence-electron chi connectivity index (χ4n) is 4.16. The van der Waals surface area contributed by atoms with Gasteiger partial charge in [-0.25, -0.2) is 4.68 Å². The average Bonchev–Trinajstić information content (AvgIpc) is 3.36. The fraction of sp³-hybridized carbons (Fsp3) is 0.571. The van der Waals surface area contributed by atoms with E-state index in [-0.39, 0.29) is 5.91 Å². The Kier molecular flexibility index (Phi) is 6.02. The van der Waals surface area contributed by atoms with E-state index in [4.69, 9.17) is 4.74 Å². The van der Waals surface area contributed by atoms with E-state index in [2.05, 4.69) is 27.8 Å². The minimum atomic E-state index is 0.00300. The Labute approximate surface area is 166 Å². The molecule has 2 fully saturated rings. The molecule has 28 heavy (non-hydrogen) atoms. The Morgan fingerprint density at radius 3 is 2.79 bits per heavy atom. The van der Waals surface area contributed by atoms with Gasteiger partial charge in [0.15, 0.2) is 5.69 Å². The summed E-state index contributed by atoms with van der Waals surface area (Å²) in [4.78, 5) is 14.9. The maximum Gasteiger partial charge on any atom is 0.276 e. The van der Waals surface area contributed by atoms with Gasteiger partial charge in [0.25, 0.3) is 5.91 Å². The smallest absolute Gasteiger partial charge is 0.276 e. The molecule has 7 nitrogen and oxygen atoms in total. The predicted octanol–water partition coefficient (Wildman–Crippen LogP) is 2.19. The van der Waals surface area contributed by atoms with Crippen LogP contribution in [0, 0.1) is 12.8 Å². The van der Waals surface area contributed by atoms with Gasteiger partial charge in [0.05, 0.1) is 24.9 Å². The third-order valence-electron chi connectivity index (χ3n) is 5.82. The Hall–Kier alpha value is -2.25. The van der Waals surface area contributed by atoms with Crippen LogP contribution in [0.3, 0.4) is 0 Å². The number of benzene rings is 1. The van der Waals surface area contributed by atoms with E-state index in [0.29, 0.717) is 30.9 Å². The van der Waals surface area contributed by atoms with Crippen LogP contribution in [0.2, 0.25) is 0 Å². The first-order valence-electron chi connectivity index (χ1n) is 10.3. The molecule has 1 N–H and O–H groups in total. The topological polar surface area (TPSA) is 72.3 Å². The summed E-state index contributed by atoms with van der Waals surface area (Å²) in [5, 5.41) is 11.9. The summed E-state index contributed by atoms with van der Waals surface area (Å²) >= 11 is 0. The molecule has 2 aliphatic rings. The zero-order chi connectivity index (χ0) is 19.3. The van der Waals surface area contributed by atoms with E-state index >= 15 is 0 Å². The van der Waals surface area contributed by atoms with Crippen LogP contribution >= 0.6 is 0 Å². The molecule has 0 spiro atoms. The number of amides is 1. The van der Waals surface area contributed by atoms with Crippen LogP contribution in [0.5, 0.6) is 0 Å². The minimum Gasteiger partial charge on any atom is -0.376 e. The number of carbonyl (C=O) groups is 1. The lowest BCUT2D eigenvalue weighted by molar-refractivity contribution is 0.0727. The molecule has 0 bridgehead atoms. The van der Waals surface area contributed by atoms with Crippen LogP contribution < -0.4 is 5.32 Å². The lowest BCUT2D eigenvalue weighted by atomic mass is 10.1. The van der Waals surface area contributed by atoms with Crippen LogP contribution in [-0.2, 0) is 11.3 Å². The molecule has 2 saturated heterocycles. The molecule has 0 radical (unpaired) electrons. The van der Waals surface area contributed by atoms with Crippen LogP contribution in [0.4, 0.5) is 0 Å². The highest BCUT2D eigenvalue weighted by Crippen LogP contribution is 2.23. The number of aromatic nitrogens is 3. The Balaban J connectivity index is 1.30. The van der Waals surface area contributed by atoms with Crippen LogP contribution in [0.15, 0.2) is 30.3 Å². The van der Waals surface area contributed by atoms with Crippen molar-refractivity contribution in [1.29, 1.82) is 0 Å². The summed E-state index contributed by atoms with van der Waals surface area (Å²) in [6, 6.07) is 10.5. The number of nitrogens with one attached hydrogen (secondary N) is 1. The van der Waals surface area contributed by atoms with Gasteiger partial charge in [0, 0.05) is 19.0 Å². The van der Waals surface area contributed by atoms with Crippen molar-refractivity contribution in [2.45, 2.75) is 38.8 Å². The molecule has 1 amide bonds. The molecule has 7 heteroatoms. The van der Waals surface area contributed by atoms with Crippen LogP contribution in [0.1, 0.15) is 47.1 Å². The van der Waals surface area contributed by atoms with Crippen molar-refractivity contribution in [2.24, 2.45) is 5.92 Å². The molecule has 0 saturated carbocycles. The molecule has 0 unspecified atom stereocenters. The fourth-order valence-corrected chi connectivity index (χ4v) is 4.16. The zero-order valence-corrected chi connectivity index (χ0v) is 16.5. The van der Waals surface area contributed by atoms with Gasteiger partial charge in [-0.05, 0) is 44.8 Å². The number of carbonyl (C=O) groups excluding carboxylic acids is 1. The van der Waals surface area contributed by atoms with Crippen LogP contribution in [-0.4, -0.2) is 58.6 Å². The summed E-state index contributed by atoms with van der Waals surface area (Å²) in [5.41, 5.74) is 2.57. The third kappa shape index (κ3) is 4.25. The summed E-state index contributed by atoms with van der Waals surface area (Å²) in [7, 11) is 0. The maximum atomic E-state index is 13.0. The van der Waals surface area contributed by atoms with Crippen molar-refractivity contribution in [3.63, 3.8) is 0 Å². The summed E-state index contributed by atoms with van der Waals surface area (Å²) in [6.07, 6.45) is 3.03. The van der Waals surface area contributed by atoms with Gasteiger partial charge in [-0.3, -0.25) is 4.79 Å². The highest BCUT2D eigenvalue weighted by atomic mass is 16.5. The quantitative estimate of drug-likeness (QED) is 0.828. The Morgan fingerprint density at radius 2 is 2.00 bits per heavy atom. The van der Waals surface area contributed by atoms with E-state index in [0.717, 1.165) is 51.1 Å². The second kappa shape index (κ2) is 8.84. The van der Waals surface area contributed by atoms with Crippen molar-refractivity contribution in [2.75, 3.05) is 32.8 Å². The molecule has 2 aliphatic heterocycles. The molecule has 150 valence electrons. The van der Waals surface area contributed by atoms with Crippen molar-refractivity contribution < 1.29 is 9.53 Å². The molecule has 2 aromatic rings. The lowest BCUT2D eigenvalue weighted by Gasteiger charge is -2.23. The van der Waals surface area contributed by atoms with Crippen molar-refractivity contribution in [3.8, 4) is 0 Å². The number of hydrogen-bond donors (Lipinski definition) is 1. The van der Waals surface area contributed by atoms with Gasteiger partial charge < -0.3 is 15.0 Å². The van der Waals surface area contributed by atoms with E-state index in [1.165, 1.54) is 5.56 Å². The average molecular weight is 383 g/mol. The number of nitrogens with zero attached hydrogens (tertiary/aromatic N) is 4. The number of likely N-dealkylation sites (tertiary alicyclic amines) is 1. The molecule has 4 rings (SSSR count). The summed E-state index contributed by atoms with van der Waals surface area (Å²) in [6.45, 7) is 6.74. The molecule has 1 aromatic carbocycles. The molecular weight excluding hydrogens is 354 g/mol. The standard InChI is InChI=1S/C21H29N5O2/c1-16-20(23-24-26(16)19-7-10-22-11-8-19)21(27)25-12-9-18(13-25)15-28-14-17-5-3-2-4-6-17/h2-6,18-19,22H,7-15H2,1H3/t18-/m1/s1. The number of ether oxygens (including phenoxy) is 1. The third-order valence-corrected chi connectivity index (χ3v) is 5.82. The number of hydrogen-bond acceptors (Lipinski definition) is 5. The van der Waals surface area contributed by atoms with Crippen molar-refractivity contribution in [3.05, 3.63) is 47.3 Å². The van der Waals surface area contributed by atoms with Crippen molar-refractivity contribution >= 4 is 5.91 Å². The van der Waals surface area contributed by atoms with Crippen LogP contribution in [0.25, 0.3) is 0 Å². The van der Waals surface area contributed by atoms with Gasteiger partial charge in [-0.1, -0.05) is 35.5 Å². The monoisotopic (exact) mass is 383 g/mol. The molecule has 1 aromatic heterocycles. The maximum absolute atomic E-state index is 13.0. The molecule has 0 aliphatic carbocycles. The summed E-state index contributed by atoms with van der Waals surface area (Å²) < 4.78 is 7.82. The van der Waals surface area contributed by atoms with Gasteiger partial charge in [0.1, 0.15) is 0 Å². The highest BCUT2D eigenvalue weighted by Gasteiger charge is 2.31. The normalized spacial score (nSPS) is 20.6. The van der Waals surface area contributed by atoms with Gasteiger partial charge in [0.2, 0.25) is 0 Å².